The van der Waals surface area contributed by atoms with E-state index in [1.807, 2.05) is 48.7 Å². The summed E-state index contributed by atoms with van der Waals surface area (Å²) in [6.07, 6.45) is 1.95. The predicted molar refractivity (Wildman–Crippen MR) is 125 cm³/mol. The van der Waals surface area contributed by atoms with Crippen LogP contribution in [0.15, 0.2) is 90.4 Å². The number of benzene rings is 3. The van der Waals surface area contributed by atoms with Crippen molar-refractivity contribution >= 4 is 34.3 Å². The third kappa shape index (κ3) is 3.87. The van der Waals surface area contributed by atoms with E-state index in [4.69, 9.17) is 16.6 Å². The van der Waals surface area contributed by atoms with Gasteiger partial charge in [-0.05, 0) is 17.7 Å². The summed E-state index contributed by atoms with van der Waals surface area (Å²) in [4.78, 5) is 10.5. The highest BCUT2D eigenvalue weighted by Crippen LogP contribution is 2.34. The summed E-state index contributed by atoms with van der Waals surface area (Å²) in [5.41, 5.74) is 5.49. The molecular formula is C24H15ClN2S2. The van der Waals surface area contributed by atoms with Crippen LogP contribution in [0, 0.1) is 0 Å². The summed E-state index contributed by atoms with van der Waals surface area (Å²) in [5.74, 6) is 0. The van der Waals surface area contributed by atoms with Crippen LogP contribution >= 0.6 is 34.3 Å². The third-order valence-electron chi connectivity index (χ3n) is 4.59. The van der Waals surface area contributed by atoms with Crippen molar-refractivity contribution < 1.29 is 0 Å². The number of hydrogen-bond donors (Lipinski definition) is 0. The lowest BCUT2D eigenvalue weighted by molar-refractivity contribution is 1.40. The van der Waals surface area contributed by atoms with E-state index < -0.39 is 0 Å². The Bertz CT molecular complexity index is 1240. The Morgan fingerprint density at radius 3 is 2.07 bits per heavy atom. The molecule has 29 heavy (non-hydrogen) atoms. The molecule has 0 N–H and O–H groups in total. The summed E-state index contributed by atoms with van der Waals surface area (Å²) < 4.78 is 0. The number of hydrogen-bond acceptors (Lipinski definition) is 4. The number of nitrogens with zero attached hydrogens (tertiary/aromatic N) is 2. The molecule has 0 fully saturated rings. The van der Waals surface area contributed by atoms with E-state index >= 15 is 0 Å². The van der Waals surface area contributed by atoms with E-state index in [0.717, 1.165) is 42.3 Å². The maximum atomic E-state index is 5.98. The first-order valence-corrected chi connectivity index (χ1v) is 11.2. The number of thiazole rings is 2. The number of halogens is 1. The Morgan fingerprint density at radius 1 is 0.655 bits per heavy atom. The van der Waals surface area contributed by atoms with Gasteiger partial charge in [-0.25, -0.2) is 9.97 Å². The largest absolute Gasteiger partial charge is 0.244 e. The molecule has 0 spiro atoms. The zero-order valence-corrected chi connectivity index (χ0v) is 17.6. The number of aromatic nitrogens is 2. The molecule has 2 aromatic heterocycles. The van der Waals surface area contributed by atoms with Crippen molar-refractivity contribution in [2.24, 2.45) is 0 Å². The van der Waals surface area contributed by atoms with Crippen LogP contribution in [-0.4, -0.2) is 9.97 Å². The third-order valence-corrected chi connectivity index (χ3v) is 6.83. The molecule has 0 unspecified atom stereocenters. The maximum absolute atomic E-state index is 5.98. The Labute approximate surface area is 182 Å². The van der Waals surface area contributed by atoms with E-state index in [9.17, 15) is 0 Å². The topological polar surface area (TPSA) is 25.8 Å². The van der Waals surface area contributed by atoms with Gasteiger partial charge in [-0.2, -0.15) is 0 Å². The molecule has 2 heterocycles. The van der Waals surface area contributed by atoms with Gasteiger partial charge in [-0.1, -0.05) is 78.3 Å². The molecule has 0 aliphatic carbocycles. The first kappa shape index (κ1) is 18.3. The number of rotatable bonds is 4. The van der Waals surface area contributed by atoms with Gasteiger partial charge in [0, 0.05) is 33.3 Å². The standard InChI is InChI=1S/C24H15ClN2S2/c25-20-12-10-16(11-13-20)21-15-28-24(27-21)19-8-6-17(7-9-19)22-14-26-23(29-22)18-4-2-1-3-5-18/h1-15H. The minimum Gasteiger partial charge on any atom is -0.244 e. The molecule has 0 aliphatic rings. The first-order chi connectivity index (χ1) is 14.3. The monoisotopic (exact) mass is 430 g/mol. The van der Waals surface area contributed by atoms with E-state index in [0.29, 0.717) is 0 Å². The molecule has 140 valence electrons. The molecule has 0 radical (unpaired) electrons. The van der Waals surface area contributed by atoms with Crippen molar-refractivity contribution in [2.75, 3.05) is 0 Å². The van der Waals surface area contributed by atoms with Gasteiger partial charge in [0.05, 0.1) is 10.6 Å². The summed E-state index contributed by atoms with van der Waals surface area (Å²) in [6.45, 7) is 0. The van der Waals surface area contributed by atoms with Crippen LogP contribution in [0.3, 0.4) is 0 Å². The summed E-state index contributed by atoms with van der Waals surface area (Å²) in [6, 6.07) is 26.6. The predicted octanol–water partition coefficient (Wildman–Crippen LogP) is 7.92. The van der Waals surface area contributed by atoms with Crippen LogP contribution in [0.5, 0.6) is 0 Å². The summed E-state index contributed by atoms with van der Waals surface area (Å²) in [7, 11) is 0. The Hall–Kier alpha value is -2.79. The Kier molecular flexibility index (Phi) is 4.98. The van der Waals surface area contributed by atoms with Crippen molar-refractivity contribution in [3.63, 3.8) is 0 Å². The molecule has 0 atom stereocenters. The quantitative estimate of drug-likeness (QED) is 0.289. The van der Waals surface area contributed by atoms with Crippen LogP contribution < -0.4 is 0 Å². The SMILES string of the molecule is Clc1ccc(-c2csc(-c3ccc(-c4cnc(-c5ccccc5)s4)cc3)n2)cc1. The van der Waals surface area contributed by atoms with E-state index in [1.165, 1.54) is 5.56 Å². The van der Waals surface area contributed by atoms with Crippen LogP contribution in [-0.2, 0) is 0 Å². The molecule has 5 aromatic rings. The van der Waals surface area contributed by atoms with Crippen molar-refractivity contribution in [3.05, 3.63) is 95.5 Å². The lowest BCUT2D eigenvalue weighted by atomic mass is 10.1. The zero-order chi connectivity index (χ0) is 19.6. The molecule has 0 bridgehead atoms. The van der Waals surface area contributed by atoms with Crippen molar-refractivity contribution in [1.82, 2.24) is 9.97 Å². The van der Waals surface area contributed by atoms with E-state index in [2.05, 4.69) is 46.8 Å². The molecule has 2 nitrogen and oxygen atoms in total. The van der Waals surface area contributed by atoms with Gasteiger partial charge in [-0.15, -0.1) is 22.7 Å². The van der Waals surface area contributed by atoms with E-state index in [1.54, 1.807) is 22.7 Å². The van der Waals surface area contributed by atoms with Gasteiger partial charge in [-0.3, -0.25) is 0 Å². The van der Waals surface area contributed by atoms with Crippen LogP contribution in [0.4, 0.5) is 0 Å². The van der Waals surface area contributed by atoms with Crippen molar-refractivity contribution in [1.29, 1.82) is 0 Å². The summed E-state index contributed by atoms with van der Waals surface area (Å²) >= 11 is 9.34. The maximum Gasteiger partial charge on any atom is 0.124 e. The fourth-order valence-electron chi connectivity index (χ4n) is 3.06. The van der Waals surface area contributed by atoms with Crippen molar-refractivity contribution in [2.45, 2.75) is 0 Å². The second-order valence-corrected chi connectivity index (χ2v) is 8.84. The minimum absolute atomic E-state index is 0.735. The van der Waals surface area contributed by atoms with Gasteiger partial charge in [0.1, 0.15) is 10.0 Å². The lowest BCUT2D eigenvalue weighted by Gasteiger charge is -2.00. The molecular weight excluding hydrogens is 416 g/mol. The van der Waals surface area contributed by atoms with Gasteiger partial charge >= 0.3 is 0 Å². The fraction of sp³-hybridized carbons (Fsp3) is 0. The first-order valence-electron chi connectivity index (χ1n) is 9.10. The van der Waals surface area contributed by atoms with E-state index in [-0.39, 0.29) is 0 Å². The van der Waals surface area contributed by atoms with Crippen LogP contribution in [0.1, 0.15) is 0 Å². The second-order valence-electron chi connectivity index (χ2n) is 6.52. The van der Waals surface area contributed by atoms with Gasteiger partial charge < -0.3 is 0 Å². The second kappa shape index (κ2) is 7.91. The van der Waals surface area contributed by atoms with Crippen molar-refractivity contribution in [3.8, 4) is 42.8 Å². The molecule has 0 amide bonds. The molecule has 0 aliphatic heterocycles. The smallest absolute Gasteiger partial charge is 0.124 e. The fourth-order valence-corrected chi connectivity index (χ4v) is 4.95. The average molecular weight is 431 g/mol. The van der Waals surface area contributed by atoms with Gasteiger partial charge in [0.25, 0.3) is 0 Å². The molecule has 5 heteroatoms. The normalized spacial score (nSPS) is 10.9. The molecule has 3 aromatic carbocycles. The molecule has 5 rings (SSSR count). The highest BCUT2D eigenvalue weighted by atomic mass is 35.5. The van der Waals surface area contributed by atoms with Gasteiger partial charge in [0.15, 0.2) is 0 Å². The molecule has 0 saturated heterocycles. The van der Waals surface area contributed by atoms with Gasteiger partial charge in [0.2, 0.25) is 0 Å². The highest BCUT2D eigenvalue weighted by Gasteiger charge is 2.09. The Morgan fingerprint density at radius 2 is 1.31 bits per heavy atom. The minimum atomic E-state index is 0.735. The lowest BCUT2D eigenvalue weighted by Crippen LogP contribution is -1.80. The van der Waals surface area contributed by atoms with Crippen LogP contribution in [0.25, 0.3) is 42.8 Å². The average Bonchev–Trinajstić information content (AvgIpc) is 3.46. The zero-order valence-electron chi connectivity index (χ0n) is 15.2. The Balaban J connectivity index is 1.38. The molecule has 0 saturated carbocycles. The summed E-state index contributed by atoms with van der Waals surface area (Å²) in [5, 5.41) is 4.87. The van der Waals surface area contributed by atoms with Crippen LogP contribution in [0.2, 0.25) is 5.02 Å². The highest BCUT2D eigenvalue weighted by molar-refractivity contribution is 7.18.